The van der Waals surface area contributed by atoms with Gasteiger partial charge in [0.15, 0.2) is 5.76 Å². The molecule has 3 aromatic heterocycles. The molecule has 10 heteroatoms. The summed E-state index contributed by atoms with van der Waals surface area (Å²) in [7, 11) is 1.61. The summed E-state index contributed by atoms with van der Waals surface area (Å²) >= 11 is 1.41. The molecule has 0 fully saturated rings. The molecule has 4 rings (SSSR count). The van der Waals surface area contributed by atoms with E-state index in [0.717, 1.165) is 17.0 Å². The fraction of sp³-hybridized carbons (Fsp3) is 0.0500. The molecule has 4 aromatic rings. The maximum Gasteiger partial charge on any atom is 0.433 e. The molecule has 0 saturated heterocycles. The van der Waals surface area contributed by atoms with Gasteiger partial charge in [-0.3, -0.25) is 15.1 Å². The molecule has 0 saturated carbocycles. The van der Waals surface area contributed by atoms with Crippen LogP contribution in [0.4, 0.5) is 11.6 Å². The van der Waals surface area contributed by atoms with Gasteiger partial charge in [-0.2, -0.15) is 5.10 Å². The number of thiazole rings is 1. The number of nitro groups is 1. The van der Waals surface area contributed by atoms with E-state index in [-0.39, 0.29) is 11.6 Å². The molecule has 0 amide bonds. The molecule has 30 heavy (non-hydrogen) atoms. The number of ether oxygens (including phenoxy) is 1. The Morgan fingerprint density at radius 2 is 2.07 bits per heavy atom. The molecule has 0 spiro atoms. The van der Waals surface area contributed by atoms with Gasteiger partial charge in [0.25, 0.3) is 0 Å². The van der Waals surface area contributed by atoms with Crippen molar-refractivity contribution in [1.29, 1.82) is 0 Å². The summed E-state index contributed by atoms with van der Waals surface area (Å²) in [6, 6.07) is 13.9. The maximum atomic E-state index is 10.8. The average Bonchev–Trinajstić information content (AvgIpc) is 3.40. The minimum Gasteiger partial charge on any atom is -0.497 e. The van der Waals surface area contributed by atoms with Crippen LogP contribution in [0, 0.1) is 10.1 Å². The van der Waals surface area contributed by atoms with Crippen LogP contribution in [0.25, 0.3) is 11.3 Å². The predicted octanol–water partition coefficient (Wildman–Crippen LogP) is 4.24. The first kappa shape index (κ1) is 19.3. The SMILES string of the molecule is COc1ccc(-c2csc(=Nc3cccnc3)n2N=Cc2ccc([N+](=O)[O-])o2)cc1. The van der Waals surface area contributed by atoms with Crippen molar-refractivity contribution in [2.45, 2.75) is 0 Å². The van der Waals surface area contributed by atoms with Crippen molar-refractivity contribution in [3.05, 3.63) is 87.0 Å². The van der Waals surface area contributed by atoms with E-state index in [1.54, 1.807) is 30.2 Å². The zero-order chi connectivity index (χ0) is 20.9. The summed E-state index contributed by atoms with van der Waals surface area (Å²) in [4.78, 5) is 19.5. The van der Waals surface area contributed by atoms with Crippen molar-refractivity contribution in [2.24, 2.45) is 10.1 Å². The lowest BCUT2D eigenvalue weighted by molar-refractivity contribution is -0.402. The Morgan fingerprint density at radius 1 is 1.23 bits per heavy atom. The molecular weight excluding hydrogens is 406 g/mol. The first-order chi connectivity index (χ1) is 14.6. The topological polar surface area (TPSA) is 108 Å². The van der Waals surface area contributed by atoms with Gasteiger partial charge in [-0.15, -0.1) is 11.3 Å². The van der Waals surface area contributed by atoms with Gasteiger partial charge in [-0.25, -0.2) is 9.67 Å². The van der Waals surface area contributed by atoms with Gasteiger partial charge in [0.1, 0.15) is 10.7 Å². The van der Waals surface area contributed by atoms with Gasteiger partial charge in [0.05, 0.1) is 37.0 Å². The second kappa shape index (κ2) is 8.53. The number of hydrogen-bond donors (Lipinski definition) is 0. The Labute approximate surface area is 174 Å². The van der Waals surface area contributed by atoms with Crippen LogP contribution < -0.4 is 9.54 Å². The van der Waals surface area contributed by atoms with Crippen molar-refractivity contribution >= 4 is 29.1 Å². The van der Waals surface area contributed by atoms with Crippen LogP contribution in [0.5, 0.6) is 5.75 Å². The van der Waals surface area contributed by atoms with Crippen molar-refractivity contribution in [1.82, 2.24) is 9.66 Å². The highest BCUT2D eigenvalue weighted by molar-refractivity contribution is 7.07. The number of nitrogens with zero attached hydrogens (tertiary/aromatic N) is 5. The zero-order valence-electron chi connectivity index (χ0n) is 15.7. The van der Waals surface area contributed by atoms with Crippen LogP contribution in [-0.2, 0) is 0 Å². The van der Waals surface area contributed by atoms with Gasteiger partial charge in [-0.05, 0) is 42.5 Å². The van der Waals surface area contributed by atoms with E-state index in [1.165, 1.54) is 29.7 Å². The molecular formula is C20H15N5O4S. The summed E-state index contributed by atoms with van der Waals surface area (Å²) < 4.78 is 12.0. The fourth-order valence-corrected chi connectivity index (χ4v) is 3.46. The lowest BCUT2D eigenvalue weighted by Crippen LogP contribution is -2.11. The number of rotatable bonds is 6. The summed E-state index contributed by atoms with van der Waals surface area (Å²) in [5.74, 6) is 0.656. The van der Waals surface area contributed by atoms with Gasteiger partial charge >= 0.3 is 5.88 Å². The molecule has 0 N–H and O–H groups in total. The molecule has 0 bridgehead atoms. The lowest BCUT2D eigenvalue weighted by Gasteiger charge is -2.05. The largest absolute Gasteiger partial charge is 0.497 e. The second-order valence-corrected chi connectivity index (χ2v) is 6.78. The van der Waals surface area contributed by atoms with Crippen molar-refractivity contribution < 1.29 is 14.1 Å². The molecule has 0 radical (unpaired) electrons. The number of hydrogen-bond acceptors (Lipinski definition) is 8. The number of aromatic nitrogens is 2. The first-order valence-electron chi connectivity index (χ1n) is 8.72. The highest BCUT2D eigenvalue weighted by atomic mass is 32.1. The summed E-state index contributed by atoms with van der Waals surface area (Å²) in [6.45, 7) is 0. The van der Waals surface area contributed by atoms with Crippen molar-refractivity contribution in [3.63, 3.8) is 0 Å². The van der Waals surface area contributed by atoms with Gasteiger partial charge in [-0.1, -0.05) is 0 Å². The van der Waals surface area contributed by atoms with E-state index in [2.05, 4.69) is 15.1 Å². The molecule has 0 unspecified atom stereocenters. The molecule has 0 aliphatic rings. The molecule has 9 nitrogen and oxygen atoms in total. The van der Waals surface area contributed by atoms with Crippen molar-refractivity contribution in [3.8, 4) is 17.0 Å². The Hall–Kier alpha value is -4.05. The minimum atomic E-state index is -0.596. The fourth-order valence-electron chi connectivity index (χ4n) is 2.60. The van der Waals surface area contributed by atoms with Gasteiger partial charge in [0, 0.05) is 17.1 Å². The van der Waals surface area contributed by atoms with Gasteiger partial charge in [0.2, 0.25) is 4.80 Å². The average molecular weight is 421 g/mol. The zero-order valence-corrected chi connectivity index (χ0v) is 16.5. The maximum absolute atomic E-state index is 10.8. The second-order valence-electron chi connectivity index (χ2n) is 5.94. The number of benzene rings is 1. The van der Waals surface area contributed by atoms with Crippen LogP contribution in [0.2, 0.25) is 0 Å². The Balaban J connectivity index is 1.79. The number of furan rings is 1. The highest BCUT2D eigenvalue weighted by Crippen LogP contribution is 2.23. The third-order valence-corrected chi connectivity index (χ3v) is 4.85. The third-order valence-electron chi connectivity index (χ3n) is 4.03. The molecule has 3 heterocycles. The van der Waals surface area contributed by atoms with E-state index in [1.807, 2.05) is 35.7 Å². The molecule has 1 aromatic carbocycles. The summed E-state index contributed by atoms with van der Waals surface area (Å²) in [5, 5.41) is 17.2. The quantitative estimate of drug-likeness (QED) is 0.263. The summed E-state index contributed by atoms with van der Waals surface area (Å²) in [6.07, 6.45) is 4.73. The van der Waals surface area contributed by atoms with Crippen LogP contribution >= 0.6 is 11.3 Å². The number of pyridine rings is 1. The minimum absolute atomic E-state index is 0.258. The Morgan fingerprint density at radius 3 is 2.73 bits per heavy atom. The van der Waals surface area contributed by atoms with Crippen LogP contribution in [-0.4, -0.2) is 27.9 Å². The molecule has 0 aliphatic heterocycles. The van der Waals surface area contributed by atoms with E-state index in [4.69, 9.17) is 9.15 Å². The number of methoxy groups -OCH3 is 1. The highest BCUT2D eigenvalue weighted by Gasteiger charge is 2.12. The summed E-state index contributed by atoms with van der Waals surface area (Å²) in [5.41, 5.74) is 2.38. The molecule has 150 valence electrons. The predicted molar refractivity (Wildman–Crippen MR) is 112 cm³/mol. The van der Waals surface area contributed by atoms with E-state index < -0.39 is 4.92 Å². The van der Waals surface area contributed by atoms with E-state index in [9.17, 15) is 10.1 Å². The van der Waals surface area contributed by atoms with Crippen LogP contribution in [0.3, 0.4) is 0 Å². The Kier molecular flexibility index (Phi) is 5.48. The van der Waals surface area contributed by atoms with Crippen LogP contribution in [0.1, 0.15) is 5.76 Å². The van der Waals surface area contributed by atoms with Crippen LogP contribution in [0.15, 0.2) is 80.8 Å². The normalized spacial score (nSPS) is 11.8. The van der Waals surface area contributed by atoms with E-state index >= 15 is 0 Å². The standard InChI is InChI=1S/C20H15N5O4S/c1-28-16-6-4-14(5-7-16)18-13-30-20(23-15-3-2-10-21-11-15)24(18)22-12-17-8-9-19(29-17)25(26)27/h2-13H,1H3. The molecule has 0 atom stereocenters. The third kappa shape index (κ3) is 4.18. The van der Waals surface area contributed by atoms with Crippen molar-refractivity contribution in [2.75, 3.05) is 7.11 Å². The lowest BCUT2D eigenvalue weighted by atomic mass is 10.2. The molecule has 0 aliphatic carbocycles. The Bertz CT molecular complexity index is 1260. The smallest absolute Gasteiger partial charge is 0.433 e. The monoisotopic (exact) mass is 421 g/mol. The van der Waals surface area contributed by atoms with E-state index in [0.29, 0.717) is 10.5 Å². The first-order valence-corrected chi connectivity index (χ1v) is 9.60. The van der Waals surface area contributed by atoms with Gasteiger partial charge < -0.3 is 9.15 Å².